The number of halogens is 1. The summed E-state index contributed by atoms with van der Waals surface area (Å²) >= 11 is 6.15. The summed E-state index contributed by atoms with van der Waals surface area (Å²) in [6.07, 6.45) is 2.60. The van der Waals surface area contributed by atoms with E-state index in [1.165, 1.54) is 17.0 Å². The lowest BCUT2D eigenvalue weighted by atomic mass is 9.91. The fraction of sp³-hybridized carbons (Fsp3) is 0.409. The first-order chi connectivity index (χ1) is 14.2. The summed E-state index contributed by atoms with van der Waals surface area (Å²) in [5.41, 5.74) is 1.05. The molecule has 0 bridgehead atoms. The Balaban J connectivity index is 1.98. The summed E-state index contributed by atoms with van der Waals surface area (Å²) in [5, 5.41) is 10.7. The molecule has 0 aromatic heterocycles. The van der Waals surface area contributed by atoms with Crippen molar-refractivity contribution in [1.29, 1.82) is 0 Å². The zero-order chi connectivity index (χ0) is 21.9. The zero-order valence-corrected chi connectivity index (χ0v) is 18.7. The van der Waals surface area contributed by atoms with E-state index in [1.54, 1.807) is 50.4 Å². The summed E-state index contributed by atoms with van der Waals surface area (Å²) in [5.74, 6) is -0.375. The summed E-state index contributed by atoms with van der Waals surface area (Å²) in [6, 6.07) is 12.7. The fourth-order valence-corrected chi connectivity index (χ4v) is 5.49. The first kappa shape index (κ1) is 22.6. The minimum Gasteiger partial charge on any atom is -0.391 e. The molecule has 0 saturated heterocycles. The fourth-order valence-electron chi connectivity index (χ4n) is 3.83. The highest BCUT2D eigenvalue weighted by atomic mass is 35.5. The molecular weight excluding hydrogens is 424 g/mol. The molecule has 2 unspecified atom stereocenters. The van der Waals surface area contributed by atoms with Crippen LogP contribution < -0.4 is 4.31 Å². The van der Waals surface area contributed by atoms with Crippen molar-refractivity contribution in [2.75, 3.05) is 17.9 Å². The molecule has 0 heterocycles. The van der Waals surface area contributed by atoms with E-state index >= 15 is 0 Å². The number of likely N-dealkylation sites (N-methyl/N-ethyl adjacent to an activating group) is 1. The number of aliphatic hydroxyl groups is 1. The topological polar surface area (TPSA) is 77.9 Å². The van der Waals surface area contributed by atoms with E-state index < -0.39 is 16.1 Å². The lowest BCUT2D eigenvalue weighted by Gasteiger charge is -2.36. The third kappa shape index (κ3) is 4.79. The van der Waals surface area contributed by atoms with Crippen LogP contribution in [-0.4, -0.2) is 50.1 Å². The van der Waals surface area contributed by atoms with E-state index in [-0.39, 0.29) is 23.4 Å². The van der Waals surface area contributed by atoms with Gasteiger partial charge in [-0.1, -0.05) is 48.7 Å². The average Bonchev–Trinajstić information content (AvgIpc) is 2.74. The Labute approximate surface area is 183 Å². The number of hydrogen-bond acceptors (Lipinski definition) is 4. The van der Waals surface area contributed by atoms with Gasteiger partial charge in [-0.2, -0.15) is 0 Å². The van der Waals surface area contributed by atoms with Gasteiger partial charge in [0.1, 0.15) is 6.54 Å². The van der Waals surface area contributed by atoms with Crippen molar-refractivity contribution in [2.24, 2.45) is 0 Å². The molecule has 1 fully saturated rings. The standard InChI is InChI=1S/C22H27ClN2O4S/c1-16-12-13-17(23)14-20(16)25(30(28,29)18-8-4-3-5-9-18)15-22(27)24(2)19-10-6-7-11-21(19)26/h3-5,8-9,12-14,19,21,26H,6-7,10-11,15H2,1-2H3. The minimum absolute atomic E-state index is 0.0949. The molecule has 2 aromatic rings. The summed E-state index contributed by atoms with van der Waals surface area (Å²) in [4.78, 5) is 14.7. The Hall–Kier alpha value is -2.09. The molecule has 2 aromatic carbocycles. The minimum atomic E-state index is -4.00. The number of carbonyl (C=O) groups is 1. The number of carbonyl (C=O) groups excluding carboxylic acids is 1. The van der Waals surface area contributed by atoms with Crippen LogP contribution in [0.3, 0.4) is 0 Å². The van der Waals surface area contributed by atoms with Crippen molar-refractivity contribution in [3.05, 3.63) is 59.1 Å². The van der Waals surface area contributed by atoms with Crippen molar-refractivity contribution < 1.29 is 18.3 Å². The number of amides is 1. The van der Waals surface area contributed by atoms with E-state index in [2.05, 4.69) is 0 Å². The molecule has 6 nitrogen and oxygen atoms in total. The van der Waals surface area contributed by atoms with Crippen molar-refractivity contribution in [3.8, 4) is 0 Å². The van der Waals surface area contributed by atoms with Gasteiger partial charge in [0.05, 0.1) is 22.7 Å². The quantitative estimate of drug-likeness (QED) is 0.729. The largest absolute Gasteiger partial charge is 0.391 e. The molecule has 0 aliphatic heterocycles. The lowest BCUT2D eigenvalue weighted by Crippen LogP contribution is -2.50. The summed E-state index contributed by atoms with van der Waals surface area (Å²) in [6.45, 7) is 1.40. The first-order valence-electron chi connectivity index (χ1n) is 9.99. The molecule has 1 aliphatic rings. The van der Waals surface area contributed by atoms with Gasteiger partial charge in [-0.25, -0.2) is 8.42 Å². The second-order valence-electron chi connectivity index (χ2n) is 7.68. The highest BCUT2D eigenvalue weighted by Crippen LogP contribution is 2.30. The van der Waals surface area contributed by atoms with Gasteiger partial charge in [0.15, 0.2) is 0 Å². The smallest absolute Gasteiger partial charge is 0.264 e. The van der Waals surface area contributed by atoms with Gasteiger partial charge in [-0.3, -0.25) is 9.10 Å². The molecule has 1 aliphatic carbocycles. The van der Waals surface area contributed by atoms with Crippen molar-refractivity contribution in [2.45, 2.75) is 49.6 Å². The van der Waals surface area contributed by atoms with Crippen LogP contribution >= 0.6 is 11.6 Å². The number of aliphatic hydroxyl groups excluding tert-OH is 1. The normalized spacial score (nSPS) is 19.3. The Morgan fingerprint density at radius 3 is 2.47 bits per heavy atom. The van der Waals surface area contributed by atoms with Crippen LogP contribution in [0.25, 0.3) is 0 Å². The van der Waals surface area contributed by atoms with Crippen LogP contribution in [-0.2, 0) is 14.8 Å². The first-order valence-corrected chi connectivity index (χ1v) is 11.8. The predicted octanol–water partition coefficient (Wildman–Crippen LogP) is 3.61. The molecule has 1 amide bonds. The van der Waals surface area contributed by atoms with Crippen LogP contribution in [0.4, 0.5) is 5.69 Å². The van der Waals surface area contributed by atoms with Gasteiger partial charge in [-0.15, -0.1) is 0 Å². The van der Waals surface area contributed by atoms with Gasteiger partial charge in [0.25, 0.3) is 10.0 Å². The van der Waals surface area contributed by atoms with Crippen LogP contribution in [0.15, 0.2) is 53.4 Å². The van der Waals surface area contributed by atoms with E-state index in [0.29, 0.717) is 29.1 Å². The van der Waals surface area contributed by atoms with E-state index in [9.17, 15) is 18.3 Å². The number of aryl methyl sites for hydroxylation is 1. The van der Waals surface area contributed by atoms with E-state index in [0.717, 1.165) is 17.1 Å². The molecule has 8 heteroatoms. The second kappa shape index (κ2) is 9.37. The Bertz CT molecular complexity index is 997. The molecule has 1 saturated carbocycles. The summed E-state index contributed by atoms with van der Waals surface area (Å²) in [7, 11) is -2.38. The molecule has 2 atom stereocenters. The third-order valence-electron chi connectivity index (χ3n) is 5.63. The maximum absolute atomic E-state index is 13.5. The monoisotopic (exact) mass is 450 g/mol. The Morgan fingerprint density at radius 1 is 1.13 bits per heavy atom. The number of nitrogens with zero attached hydrogens (tertiary/aromatic N) is 2. The predicted molar refractivity (Wildman–Crippen MR) is 118 cm³/mol. The number of anilines is 1. The Kier molecular flexibility index (Phi) is 7.06. The van der Waals surface area contributed by atoms with Gasteiger partial charge in [-0.05, 0) is 49.6 Å². The average molecular weight is 451 g/mol. The SMILES string of the molecule is Cc1ccc(Cl)cc1N(CC(=O)N(C)C1CCCCC1O)S(=O)(=O)c1ccccc1. The van der Waals surface area contributed by atoms with Crippen LogP contribution in [0.5, 0.6) is 0 Å². The molecule has 0 spiro atoms. The molecule has 0 radical (unpaired) electrons. The van der Waals surface area contributed by atoms with Gasteiger partial charge in [0, 0.05) is 12.1 Å². The number of sulfonamides is 1. The molecule has 1 N–H and O–H groups in total. The van der Waals surface area contributed by atoms with E-state index in [4.69, 9.17) is 11.6 Å². The lowest BCUT2D eigenvalue weighted by molar-refractivity contribution is -0.133. The second-order valence-corrected chi connectivity index (χ2v) is 9.98. The van der Waals surface area contributed by atoms with Crippen molar-refractivity contribution in [1.82, 2.24) is 4.90 Å². The number of hydrogen-bond donors (Lipinski definition) is 1. The maximum Gasteiger partial charge on any atom is 0.264 e. The number of benzene rings is 2. The van der Waals surface area contributed by atoms with Crippen molar-refractivity contribution >= 4 is 33.2 Å². The van der Waals surface area contributed by atoms with Gasteiger partial charge >= 0.3 is 0 Å². The van der Waals surface area contributed by atoms with E-state index in [1.807, 2.05) is 0 Å². The molecule has 162 valence electrons. The van der Waals surface area contributed by atoms with Crippen LogP contribution in [0.2, 0.25) is 5.02 Å². The highest BCUT2D eigenvalue weighted by molar-refractivity contribution is 7.92. The molecule has 30 heavy (non-hydrogen) atoms. The third-order valence-corrected chi connectivity index (χ3v) is 7.64. The molecular formula is C22H27ClN2O4S. The number of rotatable bonds is 6. The van der Waals surface area contributed by atoms with Crippen LogP contribution in [0.1, 0.15) is 31.2 Å². The molecule has 3 rings (SSSR count). The van der Waals surface area contributed by atoms with Gasteiger partial charge in [0.2, 0.25) is 5.91 Å². The Morgan fingerprint density at radius 2 is 1.80 bits per heavy atom. The van der Waals surface area contributed by atoms with Crippen LogP contribution in [0, 0.1) is 6.92 Å². The zero-order valence-electron chi connectivity index (χ0n) is 17.2. The van der Waals surface area contributed by atoms with Crippen molar-refractivity contribution in [3.63, 3.8) is 0 Å². The maximum atomic E-state index is 13.5. The summed E-state index contributed by atoms with van der Waals surface area (Å²) < 4.78 is 28.0. The van der Waals surface area contributed by atoms with Gasteiger partial charge < -0.3 is 10.0 Å². The highest BCUT2D eigenvalue weighted by Gasteiger charge is 2.33.